The zero-order valence-corrected chi connectivity index (χ0v) is 17.1. The quantitative estimate of drug-likeness (QED) is 0.249. The first-order chi connectivity index (χ1) is 13.8. The Morgan fingerprint density at radius 1 is 1.59 bits per heavy atom. The number of hydrogen-bond acceptors (Lipinski definition) is 6. The number of nitrogens with zero attached hydrogens (tertiary/aromatic N) is 1. The molecule has 2 rings (SSSR count). The monoisotopic (exact) mass is 427 g/mol. The van der Waals surface area contributed by atoms with E-state index in [4.69, 9.17) is 20.5 Å². The van der Waals surface area contributed by atoms with Crippen LogP contribution in [0.3, 0.4) is 0 Å². The highest BCUT2D eigenvalue weighted by Gasteiger charge is 2.14. The molecule has 1 heterocycles. The van der Waals surface area contributed by atoms with Crippen LogP contribution in [0.4, 0.5) is 13.6 Å². The average molecular weight is 427 g/mol. The summed E-state index contributed by atoms with van der Waals surface area (Å²) in [5, 5.41) is 8.88. The van der Waals surface area contributed by atoms with Gasteiger partial charge in [0.2, 0.25) is 0 Å². The Bertz CT molecular complexity index is 819. The first-order valence-electron chi connectivity index (χ1n) is 8.75. The fourth-order valence-corrected chi connectivity index (χ4v) is 3.25. The maximum Gasteiger partial charge on any atom is 0.414 e. The minimum Gasteiger partial charge on any atom is -0.444 e. The van der Waals surface area contributed by atoms with E-state index in [9.17, 15) is 13.6 Å². The molecule has 1 amide bonds. The number of halogens is 2. The summed E-state index contributed by atoms with van der Waals surface area (Å²) in [5.74, 6) is -1.72. The molecule has 0 spiro atoms. The van der Waals surface area contributed by atoms with Crippen LogP contribution in [0.2, 0.25) is 0 Å². The number of rotatable bonds is 5. The molecule has 1 aliphatic heterocycles. The van der Waals surface area contributed by atoms with Crippen LogP contribution in [0.1, 0.15) is 25.0 Å². The SMILES string of the molecule is C/C(=C\C(F)=C\N1CNOPC(C)C1)c1cccc(COC(=O)NC(=N)N)c1F. The molecule has 2 atom stereocenters. The van der Waals surface area contributed by atoms with Crippen LogP contribution in [0.25, 0.3) is 5.57 Å². The van der Waals surface area contributed by atoms with Gasteiger partial charge in [0, 0.05) is 38.3 Å². The Hall–Kier alpha value is -2.55. The van der Waals surface area contributed by atoms with Crippen LogP contribution < -0.4 is 16.5 Å². The van der Waals surface area contributed by atoms with Crippen LogP contribution >= 0.6 is 8.81 Å². The van der Waals surface area contributed by atoms with Crippen molar-refractivity contribution in [2.45, 2.75) is 26.1 Å². The molecule has 1 aliphatic rings. The molecule has 1 saturated heterocycles. The molecule has 158 valence electrons. The Kier molecular flexibility index (Phi) is 8.50. The smallest absolute Gasteiger partial charge is 0.414 e. The minimum atomic E-state index is -0.964. The van der Waals surface area contributed by atoms with Gasteiger partial charge in [0.15, 0.2) is 5.96 Å². The van der Waals surface area contributed by atoms with E-state index in [0.717, 1.165) is 0 Å². The molecule has 0 saturated carbocycles. The molecule has 1 aromatic carbocycles. The molecule has 0 aromatic heterocycles. The Morgan fingerprint density at radius 2 is 2.34 bits per heavy atom. The molecule has 2 unspecified atom stereocenters. The van der Waals surface area contributed by atoms with Gasteiger partial charge in [-0.2, -0.15) is 5.48 Å². The number of alkyl carbamates (subject to hydrolysis) is 1. The zero-order valence-electron chi connectivity index (χ0n) is 16.1. The van der Waals surface area contributed by atoms with Crippen LogP contribution in [-0.2, 0) is 16.0 Å². The van der Waals surface area contributed by atoms with Crippen molar-refractivity contribution in [3.05, 3.63) is 53.2 Å². The summed E-state index contributed by atoms with van der Waals surface area (Å²) in [6.07, 6.45) is 1.63. The number of carbonyl (C=O) groups excluding carboxylic acids is 1. The lowest BCUT2D eigenvalue weighted by atomic mass is 10.0. The summed E-state index contributed by atoms with van der Waals surface area (Å²) in [6.45, 7) is 4.22. The van der Waals surface area contributed by atoms with Gasteiger partial charge >= 0.3 is 6.09 Å². The topological polar surface area (TPSA) is 113 Å². The van der Waals surface area contributed by atoms with Gasteiger partial charge < -0.3 is 15.4 Å². The van der Waals surface area contributed by atoms with Crippen molar-refractivity contribution in [3.8, 4) is 0 Å². The van der Waals surface area contributed by atoms with E-state index in [1.807, 2.05) is 12.2 Å². The predicted octanol–water partition coefficient (Wildman–Crippen LogP) is 2.94. The normalized spacial score (nSPS) is 19.0. The highest BCUT2D eigenvalue weighted by atomic mass is 31.1. The van der Waals surface area contributed by atoms with E-state index >= 15 is 0 Å². The van der Waals surface area contributed by atoms with Crippen molar-refractivity contribution in [1.29, 1.82) is 5.41 Å². The van der Waals surface area contributed by atoms with E-state index < -0.39 is 23.7 Å². The molecule has 0 bridgehead atoms. The third-order valence-corrected chi connectivity index (χ3v) is 4.71. The van der Waals surface area contributed by atoms with Gasteiger partial charge in [-0.25, -0.2) is 13.6 Å². The number of allylic oxidation sites excluding steroid dienone is 3. The number of hydroxylamine groups is 1. The molecule has 29 heavy (non-hydrogen) atoms. The molecule has 0 radical (unpaired) electrons. The summed E-state index contributed by atoms with van der Waals surface area (Å²) in [5.41, 5.74) is 8.70. The van der Waals surface area contributed by atoms with Crippen molar-refractivity contribution < 1.29 is 22.9 Å². The fourth-order valence-electron chi connectivity index (χ4n) is 2.59. The third-order valence-electron chi connectivity index (χ3n) is 3.87. The second-order valence-electron chi connectivity index (χ2n) is 6.43. The number of carbonyl (C=O) groups is 1. The highest BCUT2D eigenvalue weighted by Crippen LogP contribution is 2.25. The molecule has 1 fully saturated rings. The van der Waals surface area contributed by atoms with E-state index in [1.165, 1.54) is 24.4 Å². The van der Waals surface area contributed by atoms with Crippen LogP contribution in [0.15, 0.2) is 36.3 Å². The van der Waals surface area contributed by atoms with E-state index in [-0.39, 0.29) is 32.2 Å². The number of benzene rings is 1. The molecule has 8 nitrogen and oxygen atoms in total. The van der Waals surface area contributed by atoms with Crippen molar-refractivity contribution >= 4 is 26.4 Å². The second-order valence-corrected chi connectivity index (χ2v) is 7.85. The van der Waals surface area contributed by atoms with Gasteiger partial charge in [0.05, 0.1) is 6.67 Å². The molecule has 1 aromatic rings. The van der Waals surface area contributed by atoms with Crippen LogP contribution in [0, 0.1) is 11.2 Å². The lowest BCUT2D eigenvalue weighted by Gasteiger charge is -2.18. The van der Waals surface area contributed by atoms with Gasteiger partial charge in [-0.05, 0) is 18.6 Å². The molecule has 5 N–H and O–H groups in total. The molecule has 11 heteroatoms. The van der Waals surface area contributed by atoms with Crippen molar-refractivity contribution in [3.63, 3.8) is 0 Å². The lowest BCUT2D eigenvalue weighted by Crippen LogP contribution is -2.36. The molecular formula is C18H24F2N5O3P. The fraction of sp³-hybridized carbons (Fsp3) is 0.333. The predicted molar refractivity (Wildman–Crippen MR) is 108 cm³/mol. The number of amides is 1. The number of guanidine groups is 1. The maximum atomic E-state index is 14.8. The molecule has 0 aliphatic carbocycles. The van der Waals surface area contributed by atoms with Gasteiger partial charge in [0.25, 0.3) is 0 Å². The number of ether oxygens (including phenoxy) is 1. The van der Waals surface area contributed by atoms with Gasteiger partial charge in [0.1, 0.15) is 18.3 Å². The van der Waals surface area contributed by atoms with Gasteiger partial charge in [-0.3, -0.25) is 15.4 Å². The number of hydrogen-bond donors (Lipinski definition) is 4. The average Bonchev–Trinajstić information content (AvgIpc) is 2.83. The van der Waals surface area contributed by atoms with Crippen LogP contribution in [-0.4, -0.2) is 35.8 Å². The van der Waals surface area contributed by atoms with Crippen LogP contribution in [0.5, 0.6) is 0 Å². The second kappa shape index (κ2) is 10.8. The highest BCUT2D eigenvalue weighted by molar-refractivity contribution is 7.33. The standard InChI is InChI=1S/C18H24F2N5O3P/c1-11(6-14(19)8-25-7-12(2)29-28-23-10-25)15-5-3-4-13(16(15)20)9-27-18(26)24-17(21)22/h3-6,8,12,23,29H,7,9-10H2,1-2H3,(H4,21,22,24,26)/b11-6+,14-8-. The molecular weight excluding hydrogens is 403 g/mol. The van der Waals surface area contributed by atoms with Crippen molar-refractivity contribution in [2.24, 2.45) is 5.73 Å². The van der Waals surface area contributed by atoms with Gasteiger partial charge in [-0.15, -0.1) is 0 Å². The summed E-state index contributed by atoms with van der Waals surface area (Å²) < 4.78 is 39.2. The maximum absolute atomic E-state index is 14.8. The summed E-state index contributed by atoms with van der Waals surface area (Å²) in [7, 11) is 0.289. The summed E-state index contributed by atoms with van der Waals surface area (Å²) in [4.78, 5) is 13.1. The number of nitrogens with one attached hydrogen (secondary N) is 3. The minimum absolute atomic E-state index is 0.113. The van der Waals surface area contributed by atoms with Gasteiger partial charge in [-0.1, -0.05) is 25.1 Å². The zero-order chi connectivity index (χ0) is 21.4. The van der Waals surface area contributed by atoms with Crippen molar-refractivity contribution in [1.82, 2.24) is 15.7 Å². The largest absolute Gasteiger partial charge is 0.444 e. The van der Waals surface area contributed by atoms with E-state index in [0.29, 0.717) is 18.8 Å². The van der Waals surface area contributed by atoms with E-state index in [2.05, 4.69) is 5.48 Å². The van der Waals surface area contributed by atoms with E-state index in [1.54, 1.807) is 17.9 Å². The third kappa shape index (κ3) is 7.41. The Balaban J connectivity index is 2.11. The Labute approximate surface area is 169 Å². The van der Waals surface area contributed by atoms with Crippen molar-refractivity contribution in [2.75, 3.05) is 13.2 Å². The Morgan fingerprint density at radius 3 is 3.07 bits per heavy atom. The first kappa shape index (κ1) is 22.7. The lowest BCUT2D eigenvalue weighted by molar-refractivity contribution is 0.143. The first-order valence-corrected chi connectivity index (χ1v) is 9.74. The number of nitrogens with two attached hydrogens (primary N) is 1. The summed E-state index contributed by atoms with van der Waals surface area (Å²) >= 11 is 0. The summed E-state index contributed by atoms with van der Waals surface area (Å²) in [6, 6.07) is 4.54.